The van der Waals surface area contributed by atoms with E-state index in [9.17, 15) is 4.39 Å². The third-order valence-corrected chi connectivity index (χ3v) is 2.85. The molecule has 0 aliphatic heterocycles. The number of hydrogen-bond acceptors (Lipinski definition) is 2. The molecule has 1 aromatic carbocycles. The van der Waals surface area contributed by atoms with Crippen molar-refractivity contribution in [2.75, 3.05) is 0 Å². The van der Waals surface area contributed by atoms with Crippen LogP contribution in [0.15, 0.2) is 22.7 Å². The lowest BCUT2D eigenvalue weighted by Crippen LogP contribution is -1.82. The fourth-order valence-electron chi connectivity index (χ4n) is 1.21. The van der Waals surface area contributed by atoms with Gasteiger partial charge in [-0.2, -0.15) is 0 Å². The zero-order valence-corrected chi connectivity index (χ0v) is 10.1. The minimum absolute atomic E-state index is 0.0363. The van der Waals surface area contributed by atoms with Crippen molar-refractivity contribution in [3.63, 3.8) is 0 Å². The number of halogens is 4. The predicted octanol–water partition coefficient (Wildman–Crippen LogP) is 4.53. The molecule has 6 heteroatoms. The Morgan fingerprint density at radius 3 is 2.56 bits per heavy atom. The summed E-state index contributed by atoms with van der Waals surface area (Å²) >= 11 is 17.1. The van der Waals surface area contributed by atoms with Gasteiger partial charge < -0.3 is 4.52 Å². The van der Waals surface area contributed by atoms with E-state index < -0.39 is 5.82 Å². The maximum Gasteiger partial charge on any atom is 0.168 e. The van der Waals surface area contributed by atoms with Crippen LogP contribution in [0.3, 0.4) is 0 Å². The Bertz CT molecular complexity index is 527. The molecule has 0 amide bonds. The highest BCUT2D eigenvalue weighted by atomic mass is 35.5. The van der Waals surface area contributed by atoms with Gasteiger partial charge in [-0.1, -0.05) is 28.4 Å². The van der Waals surface area contributed by atoms with Crippen molar-refractivity contribution >= 4 is 34.8 Å². The molecule has 0 aliphatic rings. The van der Waals surface area contributed by atoms with Crippen molar-refractivity contribution in [2.45, 2.75) is 5.88 Å². The first-order valence-electron chi connectivity index (χ1n) is 4.28. The molecule has 0 aliphatic carbocycles. The van der Waals surface area contributed by atoms with E-state index in [1.807, 2.05) is 0 Å². The molecule has 2 nitrogen and oxygen atoms in total. The van der Waals surface area contributed by atoms with Crippen molar-refractivity contribution in [2.24, 2.45) is 0 Å². The van der Waals surface area contributed by atoms with Crippen LogP contribution in [0, 0.1) is 5.82 Å². The van der Waals surface area contributed by atoms with Crippen LogP contribution in [-0.2, 0) is 5.88 Å². The van der Waals surface area contributed by atoms with Crippen LogP contribution in [0.4, 0.5) is 4.39 Å². The Morgan fingerprint density at radius 2 is 1.94 bits per heavy atom. The monoisotopic (exact) mass is 279 g/mol. The van der Waals surface area contributed by atoms with Gasteiger partial charge in [-0.05, 0) is 12.1 Å². The van der Waals surface area contributed by atoms with Gasteiger partial charge in [-0.3, -0.25) is 0 Å². The summed E-state index contributed by atoms with van der Waals surface area (Å²) in [5.74, 6) is 0.0121. The van der Waals surface area contributed by atoms with Gasteiger partial charge in [0, 0.05) is 11.6 Å². The number of benzene rings is 1. The molecule has 2 rings (SSSR count). The van der Waals surface area contributed by atoms with Crippen LogP contribution in [0.2, 0.25) is 10.0 Å². The molecule has 2 aromatic rings. The van der Waals surface area contributed by atoms with Gasteiger partial charge in [0.1, 0.15) is 5.82 Å². The molecule has 0 fully saturated rings. The van der Waals surface area contributed by atoms with Gasteiger partial charge in [0.2, 0.25) is 0 Å². The van der Waals surface area contributed by atoms with Crippen LogP contribution in [0.25, 0.3) is 11.3 Å². The largest absolute Gasteiger partial charge is 0.356 e. The lowest BCUT2D eigenvalue weighted by molar-refractivity contribution is 0.426. The number of nitrogens with zero attached hydrogens (tertiary/aromatic N) is 1. The highest BCUT2D eigenvalue weighted by molar-refractivity contribution is 6.36. The topological polar surface area (TPSA) is 26.0 Å². The van der Waals surface area contributed by atoms with Gasteiger partial charge in [-0.15, -0.1) is 11.6 Å². The van der Waals surface area contributed by atoms with Crippen LogP contribution in [0.1, 0.15) is 5.69 Å². The van der Waals surface area contributed by atoms with E-state index >= 15 is 0 Å². The predicted molar refractivity (Wildman–Crippen MR) is 61.5 cm³/mol. The zero-order chi connectivity index (χ0) is 11.7. The average molecular weight is 281 g/mol. The standard InChI is InChI=1S/C10H5Cl3FNO/c11-4-5-1-10(16-15-5)6-2-9(14)8(13)3-7(6)12/h1-3H,4H2. The summed E-state index contributed by atoms with van der Waals surface area (Å²) in [5, 5.41) is 3.94. The Morgan fingerprint density at radius 1 is 1.19 bits per heavy atom. The third-order valence-electron chi connectivity index (χ3n) is 1.97. The molecule has 1 heterocycles. The van der Waals surface area contributed by atoms with E-state index in [-0.39, 0.29) is 10.9 Å². The summed E-state index contributed by atoms with van der Waals surface area (Å²) in [7, 11) is 0. The second-order valence-corrected chi connectivity index (χ2v) is 4.14. The lowest BCUT2D eigenvalue weighted by atomic mass is 10.1. The molecule has 0 saturated heterocycles. The molecule has 0 saturated carbocycles. The molecular formula is C10H5Cl3FNO. The first-order chi connectivity index (χ1) is 7.61. The first kappa shape index (κ1) is 11.7. The fourth-order valence-corrected chi connectivity index (χ4v) is 1.82. The smallest absolute Gasteiger partial charge is 0.168 e. The quantitative estimate of drug-likeness (QED) is 0.597. The highest BCUT2D eigenvalue weighted by Gasteiger charge is 2.13. The van der Waals surface area contributed by atoms with E-state index in [4.69, 9.17) is 39.3 Å². The minimum atomic E-state index is -0.565. The van der Waals surface area contributed by atoms with Gasteiger partial charge >= 0.3 is 0 Å². The number of hydrogen-bond donors (Lipinski definition) is 0. The molecule has 0 bridgehead atoms. The molecule has 0 N–H and O–H groups in total. The van der Waals surface area contributed by atoms with E-state index in [0.717, 1.165) is 0 Å². The second kappa shape index (κ2) is 4.62. The van der Waals surface area contributed by atoms with Gasteiger partial charge in [0.15, 0.2) is 5.76 Å². The summed E-state index contributed by atoms with van der Waals surface area (Å²) in [6.45, 7) is 0. The molecular weight excluding hydrogens is 275 g/mol. The van der Waals surface area contributed by atoms with Crippen molar-refractivity contribution in [3.8, 4) is 11.3 Å². The summed E-state index contributed by atoms with van der Waals surface area (Å²) in [5.41, 5.74) is 0.954. The van der Waals surface area contributed by atoms with Crippen molar-refractivity contribution in [3.05, 3.63) is 39.8 Å². The molecule has 0 spiro atoms. The summed E-state index contributed by atoms with van der Waals surface area (Å²) in [4.78, 5) is 0. The van der Waals surface area contributed by atoms with Crippen LogP contribution in [-0.4, -0.2) is 5.16 Å². The fraction of sp³-hybridized carbons (Fsp3) is 0.100. The third kappa shape index (κ3) is 2.17. The number of rotatable bonds is 2. The van der Waals surface area contributed by atoms with Crippen molar-refractivity contribution < 1.29 is 8.91 Å². The molecule has 0 unspecified atom stereocenters. The van der Waals surface area contributed by atoms with E-state index in [2.05, 4.69) is 5.16 Å². The molecule has 84 valence electrons. The summed E-state index contributed by atoms with van der Waals surface area (Å²) in [6, 6.07) is 4.11. The Hall–Kier alpha value is -0.770. The van der Waals surface area contributed by atoms with Crippen LogP contribution in [0.5, 0.6) is 0 Å². The van der Waals surface area contributed by atoms with E-state index in [0.29, 0.717) is 22.0 Å². The number of aromatic nitrogens is 1. The van der Waals surface area contributed by atoms with Crippen molar-refractivity contribution in [1.29, 1.82) is 0 Å². The summed E-state index contributed by atoms with van der Waals surface area (Å²) < 4.78 is 18.2. The normalized spacial score (nSPS) is 10.8. The minimum Gasteiger partial charge on any atom is -0.356 e. The van der Waals surface area contributed by atoms with E-state index in [1.165, 1.54) is 12.1 Å². The Kier molecular flexibility index (Phi) is 3.38. The lowest BCUT2D eigenvalue weighted by Gasteiger charge is -2.01. The average Bonchev–Trinajstić information content (AvgIpc) is 2.71. The van der Waals surface area contributed by atoms with Crippen LogP contribution < -0.4 is 0 Å². The maximum atomic E-state index is 13.3. The molecule has 1 aromatic heterocycles. The van der Waals surface area contributed by atoms with E-state index in [1.54, 1.807) is 6.07 Å². The highest BCUT2D eigenvalue weighted by Crippen LogP contribution is 2.32. The summed E-state index contributed by atoms with van der Waals surface area (Å²) in [6.07, 6.45) is 0. The number of alkyl halides is 1. The SMILES string of the molecule is Fc1cc(-c2cc(CCl)no2)c(Cl)cc1Cl. The Balaban J connectivity index is 2.51. The first-order valence-corrected chi connectivity index (χ1v) is 5.57. The van der Waals surface area contributed by atoms with Crippen molar-refractivity contribution in [1.82, 2.24) is 5.16 Å². The van der Waals surface area contributed by atoms with Crippen LogP contribution >= 0.6 is 34.8 Å². The van der Waals surface area contributed by atoms with Gasteiger partial charge in [-0.25, -0.2) is 4.39 Å². The van der Waals surface area contributed by atoms with Gasteiger partial charge in [0.05, 0.1) is 21.6 Å². The Labute approximate surface area is 106 Å². The molecule has 16 heavy (non-hydrogen) atoms. The molecule has 0 radical (unpaired) electrons. The maximum absolute atomic E-state index is 13.3. The second-order valence-electron chi connectivity index (χ2n) is 3.06. The zero-order valence-electron chi connectivity index (χ0n) is 7.81. The molecule has 0 atom stereocenters. The van der Waals surface area contributed by atoms with Gasteiger partial charge in [0.25, 0.3) is 0 Å².